The zero-order valence-electron chi connectivity index (χ0n) is 15.1. The van der Waals surface area contributed by atoms with Gasteiger partial charge in [-0.3, -0.25) is 0 Å². The average Bonchev–Trinajstić information content (AvgIpc) is 2.64. The molecule has 2 aromatic carbocycles. The van der Waals surface area contributed by atoms with Gasteiger partial charge in [0.1, 0.15) is 17.4 Å². The van der Waals surface area contributed by atoms with Crippen LogP contribution in [0.4, 0.5) is 21.8 Å². The van der Waals surface area contributed by atoms with Gasteiger partial charge in [-0.15, -0.1) is 0 Å². The molecule has 0 amide bonds. The summed E-state index contributed by atoms with van der Waals surface area (Å²) in [5.74, 6) is 1.51. The van der Waals surface area contributed by atoms with Crippen LogP contribution in [0.3, 0.4) is 0 Å². The Kier molecular flexibility index (Phi) is 6.08. The molecule has 2 N–H and O–H groups in total. The van der Waals surface area contributed by atoms with Crippen molar-refractivity contribution in [2.45, 2.75) is 13.3 Å². The second kappa shape index (κ2) is 8.68. The largest absolute Gasteiger partial charge is 0.497 e. The molecule has 7 heteroatoms. The standard InChI is InChI=1S/C20H20ClFN4O/c1-13-10-19(25-15-6-7-18(22)17(21)12-15)26-20(24-13)23-9-8-14-4-3-5-16(11-14)27-2/h3-7,10-12H,8-9H2,1-2H3,(H2,23,24,25,26). The molecule has 0 radical (unpaired) electrons. The Morgan fingerprint density at radius 2 is 1.96 bits per heavy atom. The Balaban J connectivity index is 1.64. The minimum absolute atomic E-state index is 0.0578. The Labute approximate surface area is 162 Å². The zero-order valence-corrected chi connectivity index (χ0v) is 15.8. The van der Waals surface area contributed by atoms with E-state index in [9.17, 15) is 4.39 Å². The average molecular weight is 387 g/mol. The lowest BCUT2D eigenvalue weighted by atomic mass is 10.1. The Bertz CT molecular complexity index is 936. The van der Waals surface area contributed by atoms with Crippen molar-refractivity contribution in [2.24, 2.45) is 0 Å². The van der Waals surface area contributed by atoms with Crippen LogP contribution in [-0.2, 0) is 6.42 Å². The van der Waals surface area contributed by atoms with E-state index in [-0.39, 0.29) is 5.02 Å². The molecule has 0 aliphatic rings. The number of methoxy groups -OCH3 is 1. The molecule has 0 aliphatic heterocycles. The summed E-state index contributed by atoms with van der Waals surface area (Å²) in [6.45, 7) is 2.57. The van der Waals surface area contributed by atoms with Crippen molar-refractivity contribution in [3.8, 4) is 5.75 Å². The highest BCUT2D eigenvalue weighted by Gasteiger charge is 2.05. The van der Waals surface area contributed by atoms with Gasteiger partial charge in [0.25, 0.3) is 0 Å². The van der Waals surface area contributed by atoms with E-state index in [2.05, 4.69) is 20.6 Å². The summed E-state index contributed by atoms with van der Waals surface area (Å²) >= 11 is 5.82. The smallest absolute Gasteiger partial charge is 0.224 e. The highest BCUT2D eigenvalue weighted by molar-refractivity contribution is 6.31. The third kappa shape index (κ3) is 5.31. The first kappa shape index (κ1) is 18.9. The molecule has 1 heterocycles. The van der Waals surface area contributed by atoms with Crippen molar-refractivity contribution in [3.63, 3.8) is 0 Å². The molecule has 140 valence electrons. The summed E-state index contributed by atoms with van der Waals surface area (Å²) in [7, 11) is 1.65. The summed E-state index contributed by atoms with van der Waals surface area (Å²) < 4.78 is 18.5. The molecule has 0 spiro atoms. The van der Waals surface area contributed by atoms with Crippen molar-refractivity contribution < 1.29 is 9.13 Å². The maximum Gasteiger partial charge on any atom is 0.224 e. The van der Waals surface area contributed by atoms with Crippen molar-refractivity contribution in [3.05, 3.63) is 70.6 Å². The molecule has 0 bridgehead atoms. The van der Waals surface area contributed by atoms with Crippen molar-refractivity contribution in [1.82, 2.24) is 9.97 Å². The monoisotopic (exact) mass is 386 g/mol. The van der Waals surface area contributed by atoms with Crippen LogP contribution >= 0.6 is 11.6 Å². The van der Waals surface area contributed by atoms with Gasteiger partial charge in [0.15, 0.2) is 0 Å². The lowest BCUT2D eigenvalue weighted by Gasteiger charge is -2.11. The number of ether oxygens (including phenoxy) is 1. The number of hydrogen-bond donors (Lipinski definition) is 2. The van der Waals surface area contributed by atoms with Crippen LogP contribution in [0.25, 0.3) is 0 Å². The van der Waals surface area contributed by atoms with E-state index >= 15 is 0 Å². The number of aryl methyl sites for hydroxylation is 1. The Morgan fingerprint density at radius 3 is 2.74 bits per heavy atom. The van der Waals surface area contributed by atoms with E-state index in [0.29, 0.717) is 24.0 Å². The van der Waals surface area contributed by atoms with Gasteiger partial charge in [-0.1, -0.05) is 23.7 Å². The number of rotatable bonds is 7. The number of anilines is 3. The van der Waals surface area contributed by atoms with Gasteiger partial charge in [0, 0.05) is 24.0 Å². The fraction of sp³-hybridized carbons (Fsp3) is 0.200. The van der Waals surface area contributed by atoms with Crippen molar-refractivity contribution in [1.29, 1.82) is 0 Å². The molecule has 0 unspecified atom stereocenters. The molecule has 0 atom stereocenters. The lowest BCUT2D eigenvalue weighted by molar-refractivity contribution is 0.414. The van der Waals surface area contributed by atoms with Gasteiger partial charge < -0.3 is 15.4 Å². The number of nitrogens with zero attached hydrogens (tertiary/aromatic N) is 2. The first-order valence-electron chi connectivity index (χ1n) is 8.48. The predicted molar refractivity (Wildman–Crippen MR) is 107 cm³/mol. The predicted octanol–water partition coefficient (Wildman–Crippen LogP) is 4.98. The fourth-order valence-electron chi connectivity index (χ4n) is 2.58. The van der Waals surface area contributed by atoms with E-state index in [0.717, 1.165) is 23.4 Å². The molecule has 27 heavy (non-hydrogen) atoms. The summed E-state index contributed by atoms with van der Waals surface area (Å²) in [5, 5.41) is 6.40. The Hall–Kier alpha value is -2.86. The second-order valence-corrected chi connectivity index (χ2v) is 6.41. The van der Waals surface area contributed by atoms with Gasteiger partial charge >= 0.3 is 0 Å². The lowest BCUT2D eigenvalue weighted by Crippen LogP contribution is -2.09. The molecule has 5 nitrogen and oxygen atoms in total. The van der Waals surface area contributed by atoms with E-state index in [1.807, 2.05) is 37.3 Å². The summed E-state index contributed by atoms with van der Waals surface area (Å²) in [6.07, 6.45) is 0.810. The van der Waals surface area contributed by atoms with Crippen molar-refractivity contribution >= 4 is 29.1 Å². The SMILES string of the molecule is COc1cccc(CCNc2nc(C)cc(Nc3ccc(F)c(Cl)c3)n2)c1. The van der Waals surface area contributed by atoms with Crippen molar-refractivity contribution in [2.75, 3.05) is 24.3 Å². The van der Waals surface area contributed by atoms with E-state index in [1.54, 1.807) is 13.2 Å². The van der Waals surface area contributed by atoms with E-state index in [1.165, 1.54) is 12.1 Å². The minimum Gasteiger partial charge on any atom is -0.497 e. The first-order chi connectivity index (χ1) is 13.0. The summed E-state index contributed by atoms with van der Waals surface area (Å²) in [6, 6.07) is 14.2. The highest BCUT2D eigenvalue weighted by Crippen LogP contribution is 2.22. The van der Waals surface area contributed by atoms with Crippen LogP contribution in [-0.4, -0.2) is 23.6 Å². The van der Waals surface area contributed by atoms with Gasteiger partial charge in [-0.2, -0.15) is 4.98 Å². The van der Waals surface area contributed by atoms with Crippen LogP contribution in [0, 0.1) is 12.7 Å². The maximum absolute atomic E-state index is 13.3. The molecule has 3 aromatic rings. The number of aromatic nitrogens is 2. The molecular weight excluding hydrogens is 367 g/mol. The van der Waals surface area contributed by atoms with Crippen LogP contribution < -0.4 is 15.4 Å². The number of halogens is 2. The molecule has 0 saturated carbocycles. The summed E-state index contributed by atoms with van der Waals surface area (Å²) in [4.78, 5) is 8.85. The highest BCUT2D eigenvalue weighted by atomic mass is 35.5. The molecule has 3 rings (SSSR count). The molecule has 0 aliphatic carbocycles. The zero-order chi connectivity index (χ0) is 19.2. The molecular formula is C20H20ClFN4O. The third-order valence-electron chi connectivity index (χ3n) is 3.88. The van der Waals surface area contributed by atoms with Crippen LogP contribution in [0.2, 0.25) is 5.02 Å². The Morgan fingerprint density at radius 1 is 1.11 bits per heavy atom. The first-order valence-corrected chi connectivity index (χ1v) is 8.86. The topological polar surface area (TPSA) is 59.1 Å². The third-order valence-corrected chi connectivity index (χ3v) is 4.17. The molecule has 1 aromatic heterocycles. The normalized spacial score (nSPS) is 10.5. The van der Waals surface area contributed by atoms with Crippen LogP contribution in [0.1, 0.15) is 11.3 Å². The maximum atomic E-state index is 13.3. The van der Waals surface area contributed by atoms with Crippen LogP contribution in [0.5, 0.6) is 5.75 Å². The number of nitrogens with one attached hydrogen (secondary N) is 2. The van der Waals surface area contributed by atoms with Gasteiger partial charge in [0.05, 0.1) is 12.1 Å². The molecule has 0 fully saturated rings. The van der Waals surface area contributed by atoms with Crippen LogP contribution in [0.15, 0.2) is 48.5 Å². The number of hydrogen-bond acceptors (Lipinski definition) is 5. The van der Waals surface area contributed by atoms with E-state index in [4.69, 9.17) is 16.3 Å². The van der Waals surface area contributed by atoms with Gasteiger partial charge in [-0.25, -0.2) is 9.37 Å². The second-order valence-electron chi connectivity index (χ2n) is 6.00. The number of benzene rings is 2. The quantitative estimate of drug-likeness (QED) is 0.599. The fourth-order valence-corrected chi connectivity index (χ4v) is 2.76. The summed E-state index contributed by atoms with van der Waals surface area (Å²) in [5.41, 5.74) is 2.63. The van der Waals surface area contributed by atoms with Gasteiger partial charge in [0.2, 0.25) is 5.95 Å². The van der Waals surface area contributed by atoms with E-state index < -0.39 is 5.82 Å². The van der Waals surface area contributed by atoms with Gasteiger partial charge in [-0.05, 0) is 49.2 Å². The molecule has 0 saturated heterocycles. The minimum atomic E-state index is -0.457.